The summed E-state index contributed by atoms with van der Waals surface area (Å²) in [5.74, 6) is 0.645. The van der Waals surface area contributed by atoms with Crippen LogP contribution < -0.4 is 0 Å². The molecule has 0 N–H and O–H groups in total. The van der Waals surface area contributed by atoms with E-state index in [1.807, 2.05) is 24.4 Å². The Morgan fingerprint density at radius 1 is 0.967 bits per heavy atom. The van der Waals surface area contributed by atoms with E-state index in [1.165, 1.54) is 17.1 Å². The molecule has 4 aromatic rings. The number of allylic oxidation sites excluding steroid dienone is 2. The molecule has 0 amide bonds. The van der Waals surface area contributed by atoms with Gasteiger partial charge in [0, 0.05) is 21.5 Å². The summed E-state index contributed by atoms with van der Waals surface area (Å²) in [6.45, 7) is 14.1. The molecule has 0 unspecified atom stereocenters. The first kappa shape index (κ1) is 24.8. The third kappa shape index (κ3) is 6.01. The van der Waals surface area contributed by atoms with Gasteiger partial charge in [-0.25, -0.2) is 9.97 Å². The maximum atomic E-state index is 4.47. The van der Waals surface area contributed by atoms with Crippen molar-refractivity contribution in [2.75, 3.05) is 26.7 Å². The molecule has 0 saturated carbocycles. The largest absolute Gasteiger partial charge is 1.00 e. The van der Waals surface area contributed by atoms with Crippen molar-refractivity contribution in [1.29, 1.82) is 0 Å². The number of fused-ring (bicyclic) bond motifs is 2. The van der Waals surface area contributed by atoms with Gasteiger partial charge in [0.25, 0.3) is 0 Å². The van der Waals surface area contributed by atoms with Crippen LogP contribution in [0.1, 0.15) is 13.8 Å². The summed E-state index contributed by atoms with van der Waals surface area (Å²) in [7, 11) is -0.302. The van der Waals surface area contributed by atoms with E-state index >= 15 is 0 Å². The molecule has 2 aromatic heterocycles. The molecule has 0 fully saturated rings. The fourth-order valence-corrected chi connectivity index (χ4v) is 5.91. The molecular weight excluding hydrogens is 584 g/mol. The van der Waals surface area contributed by atoms with Gasteiger partial charge >= 0.3 is 19.8 Å². The van der Waals surface area contributed by atoms with Crippen LogP contribution in [-0.4, -0.2) is 46.0 Å². The first-order chi connectivity index (χ1) is 13.9. The van der Waals surface area contributed by atoms with Crippen LogP contribution in [0.25, 0.3) is 27.8 Å². The van der Waals surface area contributed by atoms with Gasteiger partial charge in [-0.3, -0.25) is 9.38 Å². The summed E-state index contributed by atoms with van der Waals surface area (Å²) < 4.78 is 1.80. The molecule has 4 rings (SSSR count). The van der Waals surface area contributed by atoms with Crippen LogP contribution in [0.3, 0.4) is 0 Å². The number of nitrogens with zero attached hydrogens (tertiary/aromatic N) is 4. The van der Waals surface area contributed by atoms with Crippen molar-refractivity contribution in [3.05, 3.63) is 71.9 Å². The smallest absolute Gasteiger partial charge is 0.284 e. The van der Waals surface area contributed by atoms with Gasteiger partial charge in [0.2, 0.25) is 5.78 Å². The molecule has 0 bridgehead atoms. The van der Waals surface area contributed by atoms with Crippen LogP contribution in [0.4, 0.5) is 0 Å². The van der Waals surface area contributed by atoms with Gasteiger partial charge in [-0.1, -0.05) is 29.7 Å². The molecule has 2 heterocycles. The molecule has 2 aromatic carbocycles. The fourth-order valence-electron chi connectivity index (χ4n) is 2.91. The standard InChI is InChI=1S/C15H9N4.C8H18P2.Os/c1-2-4-12-7-13(6-5-11(12)3-1)14-8-19-10-16-9-17-15(19)18-14;1-7(9(3)4)8(2)10(5)6;/h1-5,7-10H;1-6H3;/q-1;;+1/p+2/b;8-7-;. The Morgan fingerprint density at radius 2 is 1.60 bits per heavy atom. The molecule has 0 aliphatic carbocycles. The topological polar surface area (TPSA) is 43.1 Å². The van der Waals surface area contributed by atoms with E-state index in [4.69, 9.17) is 0 Å². The summed E-state index contributed by atoms with van der Waals surface area (Å²) in [5.41, 5.74) is 1.82. The van der Waals surface area contributed by atoms with Gasteiger partial charge < -0.3 is 0 Å². The Balaban J connectivity index is 0.000000253. The second-order valence-electron chi connectivity index (χ2n) is 7.57. The third-order valence-electron chi connectivity index (χ3n) is 5.16. The predicted molar refractivity (Wildman–Crippen MR) is 131 cm³/mol. The van der Waals surface area contributed by atoms with Crippen LogP contribution in [-0.2, 0) is 19.8 Å². The number of aromatic nitrogens is 4. The first-order valence-electron chi connectivity index (χ1n) is 9.71. The molecule has 4 nitrogen and oxygen atoms in total. The Labute approximate surface area is 194 Å². The van der Waals surface area contributed by atoms with Crippen molar-refractivity contribution in [1.82, 2.24) is 19.4 Å². The summed E-state index contributed by atoms with van der Waals surface area (Å²) in [6.07, 6.45) is 5.10. The van der Waals surface area contributed by atoms with Crippen molar-refractivity contribution in [2.45, 2.75) is 13.8 Å². The molecule has 7 heteroatoms. The molecule has 1 radical (unpaired) electrons. The maximum absolute atomic E-state index is 4.47. The third-order valence-corrected chi connectivity index (χ3v) is 9.16. The fraction of sp³-hybridized carbons (Fsp3) is 0.261. The van der Waals surface area contributed by atoms with Crippen LogP contribution >= 0.6 is 15.8 Å². The van der Waals surface area contributed by atoms with Crippen molar-refractivity contribution < 1.29 is 19.8 Å². The number of imidazole rings is 1. The van der Waals surface area contributed by atoms with Gasteiger partial charge in [-0.15, -0.1) is 29.1 Å². The Hall–Kier alpha value is -1.51. The van der Waals surface area contributed by atoms with Crippen LogP contribution in [0.5, 0.6) is 0 Å². The van der Waals surface area contributed by atoms with E-state index in [2.05, 4.69) is 79.7 Å². The second-order valence-corrected chi connectivity index (χ2v) is 13.1. The van der Waals surface area contributed by atoms with Crippen LogP contribution in [0.15, 0.2) is 65.9 Å². The number of benzene rings is 2. The summed E-state index contributed by atoms with van der Waals surface area (Å²) in [4.78, 5) is 12.6. The molecule has 30 heavy (non-hydrogen) atoms. The zero-order chi connectivity index (χ0) is 21.0. The molecule has 0 spiro atoms. The summed E-state index contributed by atoms with van der Waals surface area (Å²) in [5, 5.41) is 5.75. The summed E-state index contributed by atoms with van der Waals surface area (Å²) in [6, 6.07) is 15.6. The van der Waals surface area contributed by atoms with Gasteiger partial charge in [0.15, 0.2) is 0 Å². The number of rotatable bonds is 3. The van der Waals surface area contributed by atoms with E-state index < -0.39 is 0 Å². The number of hydrogen-bond donors (Lipinski definition) is 0. The Kier molecular flexibility index (Phi) is 9.24. The van der Waals surface area contributed by atoms with Gasteiger partial charge in [-0.05, 0) is 20.0 Å². The minimum absolute atomic E-state index is 0. The summed E-state index contributed by atoms with van der Waals surface area (Å²) >= 11 is 0. The van der Waals surface area contributed by atoms with E-state index in [1.54, 1.807) is 21.4 Å². The predicted octanol–water partition coefficient (Wildman–Crippen LogP) is 5.93. The molecule has 0 atom stereocenters. The Bertz CT molecular complexity index is 1100. The average molecular weight is 614 g/mol. The first-order valence-corrected chi connectivity index (χ1v) is 14.7. The van der Waals surface area contributed by atoms with Crippen LogP contribution in [0, 0.1) is 6.07 Å². The van der Waals surface area contributed by atoms with E-state index in [9.17, 15) is 0 Å². The quantitative estimate of drug-likeness (QED) is 0.213. The second kappa shape index (κ2) is 11.2. The maximum Gasteiger partial charge on any atom is 1.00 e. The molecule has 0 aliphatic heterocycles. The molecular formula is C23H29N4OsP2+2. The molecule has 0 saturated heterocycles. The monoisotopic (exact) mass is 615 g/mol. The van der Waals surface area contributed by atoms with E-state index in [-0.39, 0.29) is 35.6 Å². The van der Waals surface area contributed by atoms with E-state index in [0.29, 0.717) is 5.78 Å². The minimum atomic E-state index is -0.151. The molecule has 0 aliphatic rings. The van der Waals surface area contributed by atoms with Crippen LogP contribution in [0.2, 0.25) is 0 Å². The SMILES string of the molecule is C/C(=C(\C)[PH+](C)C)[PH+](C)C.[Os+].[c-]1cc2ccccc2cc1-c1cn2cncnc2n1. The van der Waals surface area contributed by atoms with Crippen molar-refractivity contribution in [2.24, 2.45) is 0 Å². The van der Waals surface area contributed by atoms with Crippen molar-refractivity contribution in [3.63, 3.8) is 0 Å². The normalized spacial score (nSPS) is 11.9. The number of hydrogen-bond acceptors (Lipinski definition) is 3. The van der Waals surface area contributed by atoms with Gasteiger partial charge in [0.1, 0.15) is 23.3 Å². The van der Waals surface area contributed by atoms with Gasteiger partial charge in [-0.2, -0.15) is 0 Å². The van der Waals surface area contributed by atoms with Crippen molar-refractivity contribution >= 4 is 32.4 Å². The zero-order valence-corrected chi connectivity index (χ0v) is 22.9. The zero-order valence-electron chi connectivity index (χ0n) is 18.3. The van der Waals surface area contributed by atoms with Gasteiger partial charge in [0.05, 0.1) is 26.7 Å². The Morgan fingerprint density at radius 3 is 2.20 bits per heavy atom. The molecule has 157 valence electrons. The van der Waals surface area contributed by atoms with Crippen molar-refractivity contribution in [3.8, 4) is 11.3 Å². The van der Waals surface area contributed by atoms with E-state index in [0.717, 1.165) is 11.3 Å². The minimum Gasteiger partial charge on any atom is -0.284 e. The average Bonchev–Trinajstić information content (AvgIpc) is 3.17.